The van der Waals surface area contributed by atoms with Crippen molar-refractivity contribution in [3.8, 4) is 0 Å². The first-order valence-corrected chi connectivity index (χ1v) is 3.32. The van der Waals surface area contributed by atoms with Crippen molar-refractivity contribution >= 4 is 12.0 Å². The minimum atomic E-state index is -1.24. The molecule has 0 aromatic heterocycles. The maximum Gasteiger partial charge on any atom is 0.328 e. The van der Waals surface area contributed by atoms with Gasteiger partial charge in [0.1, 0.15) is 0 Å². The van der Waals surface area contributed by atoms with E-state index in [2.05, 4.69) is 4.79 Å². The molecule has 0 bridgehead atoms. The van der Waals surface area contributed by atoms with Gasteiger partial charge >= 0.3 is 6.21 Å². The lowest BCUT2D eigenvalue weighted by Crippen LogP contribution is -2.05. The number of carbonyl (C=O) groups is 1. The summed E-state index contributed by atoms with van der Waals surface area (Å²) in [4.78, 5) is 13.3. The lowest BCUT2D eigenvalue weighted by molar-refractivity contribution is 0.00229. The number of rotatable bonds is 2. The third-order valence-corrected chi connectivity index (χ3v) is 1.39. The number of carbonyl (C=O) groups excluding carboxylic acids is 1. The first kappa shape index (κ1) is 9.22. The predicted molar refractivity (Wildman–Crippen MR) is 40.4 cm³/mol. The Labute approximate surface area is 72.2 Å². The SMILES string of the molecule is [N-]=[N+]=CC(=O)c1cccc(F)c1F. The van der Waals surface area contributed by atoms with E-state index >= 15 is 0 Å². The standard InChI is InChI=1S/C8H4F2N2O/c9-6-3-1-2-5(8(6)10)7(13)4-12-11/h1-4H. The Bertz CT molecular complexity index is 397. The van der Waals surface area contributed by atoms with Gasteiger partial charge in [0, 0.05) is 0 Å². The van der Waals surface area contributed by atoms with Crippen molar-refractivity contribution in [2.75, 3.05) is 0 Å². The lowest BCUT2D eigenvalue weighted by Gasteiger charge is -1.95. The van der Waals surface area contributed by atoms with Crippen LogP contribution in [0.15, 0.2) is 18.2 Å². The van der Waals surface area contributed by atoms with E-state index in [4.69, 9.17) is 5.53 Å². The predicted octanol–water partition coefficient (Wildman–Crippen LogP) is 1.45. The van der Waals surface area contributed by atoms with Crippen LogP contribution in [0.2, 0.25) is 0 Å². The zero-order chi connectivity index (χ0) is 9.84. The van der Waals surface area contributed by atoms with E-state index < -0.39 is 23.0 Å². The van der Waals surface area contributed by atoms with E-state index in [9.17, 15) is 13.6 Å². The average molecular weight is 182 g/mol. The Morgan fingerprint density at radius 2 is 2.15 bits per heavy atom. The van der Waals surface area contributed by atoms with E-state index in [1.807, 2.05) is 0 Å². The summed E-state index contributed by atoms with van der Waals surface area (Å²) in [5.74, 6) is -3.25. The second kappa shape index (κ2) is 3.69. The normalized spacial score (nSPS) is 9.08. The number of hydrogen-bond donors (Lipinski definition) is 0. The molecule has 0 unspecified atom stereocenters. The summed E-state index contributed by atoms with van der Waals surface area (Å²) in [6, 6.07) is 3.18. The molecule has 66 valence electrons. The Hall–Kier alpha value is -1.87. The zero-order valence-corrected chi connectivity index (χ0v) is 6.37. The van der Waals surface area contributed by atoms with Crippen LogP contribution in [0.5, 0.6) is 0 Å². The van der Waals surface area contributed by atoms with Gasteiger partial charge in [-0.25, -0.2) is 8.78 Å². The van der Waals surface area contributed by atoms with E-state index in [1.165, 1.54) is 6.07 Å². The molecule has 0 aliphatic heterocycles. The molecule has 0 heterocycles. The van der Waals surface area contributed by atoms with Gasteiger partial charge in [-0.1, -0.05) is 6.07 Å². The summed E-state index contributed by atoms with van der Waals surface area (Å²) in [5, 5.41) is 0. The van der Waals surface area contributed by atoms with Crippen LogP contribution in [0.1, 0.15) is 10.4 Å². The molecule has 0 atom stereocenters. The second-order valence-electron chi connectivity index (χ2n) is 2.21. The van der Waals surface area contributed by atoms with Crippen molar-refractivity contribution in [2.24, 2.45) is 0 Å². The molecule has 1 rings (SSSR count). The molecular weight excluding hydrogens is 178 g/mol. The van der Waals surface area contributed by atoms with Crippen molar-refractivity contribution in [2.45, 2.75) is 0 Å². The van der Waals surface area contributed by atoms with Crippen molar-refractivity contribution in [1.29, 1.82) is 0 Å². The molecule has 1 aromatic carbocycles. The maximum atomic E-state index is 12.8. The van der Waals surface area contributed by atoms with Crippen LogP contribution in [-0.2, 0) is 0 Å². The first-order valence-electron chi connectivity index (χ1n) is 3.32. The second-order valence-corrected chi connectivity index (χ2v) is 2.21. The van der Waals surface area contributed by atoms with Gasteiger partial charge in [0.2, 0.25) is 0 Å². The molecule has 0 fully saturated rings. The number of benzene rings is 1. The molecule has 5 heteroatoms. The van der Waals surface area contributed by atoms with E-state index in [0.29, 0.717) is 6.21 Å². The third kappa shape index (κ3) is 1.83. The van der Waals surface area contributed by atoms with Crippen LogP contribution in [0.25, 0.3) is 5.53 Å². The van der Waals surface area contributed by atoms with Gasteiger partial charge in [-0.2, -0.15) is 4.79 Å². The summed E-state index contributed by atoms with van der Waals surface area (Å²) >= 11 is 0. The number of hydrogen-bond acceptors (Lipinski definition) is 1. The minimum absolute atomic E-state index is 0.460. The highest BCUT2D eigenvalue weighted by atomic mass is 19.2. The largest absolute Gasteiger partial charge is 0.361 e. The fourth-order valence-corrected chi connectivity index (χ4v) is 0.816. The summed E-state index contributed by atoms with van der Waals surface area (Å²) in [5.41, 5.74) is 7.53. The minimum Gasteiger partial charge on any atom is -0.361 e. The monoisotopic (exact) mass is 182 g/mol. The summed E-state index contributed by atoms with van der Waals surface area (Å²) in [6.07, 6.45) is 0.498. The smallest absolute Gasteiger partial charge is 0.328 e. The van der Waals surface area contributed by atoms with Crippen LogP contribution in [-0.4, -0.2) is 16.8 Å². The average Bonchev–Trinajstić information content (AvgIpc) is 2.10. The van der Waals surface area contributed by atoms with E-state index in [1.54, 1.807) is 0 Å². The van der Waals surface area contributed by atoms with Gasteiger partial charge in [0.05, 0.1) is 5.56 Å². The van der Waals surface area contributed by atoms with Crippen LogP contribution in [0.4, 0.5) is 8.78 Å². The summed E-state index contributed by atoms with van der Waals surface area (Å²) in [7, 11) is 0. The molecule has 0 aliphatic carbocycles. The third-order valence-electron chi connectivity index (χ3n) is 1.39. The van der Waals surface area contributed by atoms with Gasteiger partial charge in [-0.3, -0.25) is 4.79 Å². The summed E-state index contributed by atoms with van der Waals surface area (Å²) < 4.78 is 25.4. The Kier molecular flexibility index (Phi) is 2.62. The maximum absolute atomic E-state index is 12.8. The fourth-order valence-electron chi connectivity index (χ4n) is 0.816. The van der Waals surface area contributed by atoms with Crippen LogP contribution in [0.3, 0.4) is 0 Å². The number of halogens is 2. The van der Waals surface area contributed by atoms with Crippen LogP contribution in [0, 0.1) is 11.6 Å². The van der Waals surface area contributed by atoms with Gasteiger partial charge in [-0.15, -0.1) is 0 Å². The molecule has 0 aliphatic rings. The van der Waals surface area contributed by atoms with Crippen molar-refractivity contribution in [1.82, 2.24) is 0 Å². The van der Waals surface area contributed by atoms with Crippen LogP contribution < -0.4 is 0 Å². The molecule has 0 spiro atoms. The van der Waals surface area contributed by atoms with Crippen LogP contribution >= 0.6 is 0 Å². The molecule has 0 amide bonds. The molecule has 13 heavy (non-hydrogen) atoms. The highest BCUT2D eigenvalue weighted by molar-refractivity contribution is 6.33. The molecule has 3 nitrogen and oxygen atoms in total. The first-order chi connectivity index (χ1) is 6.16. The van der Waals surface area contributed by atoms with E-state index in [-0.39, 0.29) is 0 Å². The molecule has 0 saturated carbocycles. The molecular formula is C8H4F2N2O. The molecule has 1 aromatic rings. The molecule has 0 N–H and O–H groups in total. The van der Waals surface area contributed by atoms with Crippen molar-refractivity contribution < 1.29 is 18.4 Å². The summed E-state index contributed by atoms with van der Waals surface area (Å²) in [6.45, 7) is 0. The van der Waals surface area contributed by atoms with Gasteiger partial charge in [0.25, 0.3) is 5.78 Å². The highest BCUT2D eigenvalue weighted by Gasteiger charge is 2.15. The Balaban J connectivity index is 3.22. The van der Waals surface area contributed by atoms with Gasteiger partial charge < -0.3 is 5.53 Å². The fraction of sp³-hybridized carbons (Fsp3) is 0. The molecule has 0 radical (unpaired) electrons. The number of ketones is 1. The zero-order valence-electron chi connectivity index (χ0n) is 6.37. The topological polar surface area (TPSA) is 53.5 Å². The van der Waals surface area contributed by atoms with E-state index in [0.717, 1.165) is 12.1 Å². The van der Waals surface area contributed by atoms with Gasteiger partial charge in [-0.05, 0) is 12.1 Å². The molecule has 0 saturated heterocycles. The van der Waals surface area contributed by atoms with Gasteiger partial charge in [0.15, 0.2) is 11.6 Å². The number of nitrogens with zero attached hydrogens (tertiary/aromatic N) is 2. The lowest BCUT2D eigenvalue weighted by atomic mass is 10.1. The quantitative estimate of drug-likeness (QED) is 0.295. The Morgan fingerprint density at radius 1 is 1.46 bits per heavy atom. The highest BCUT2D eigenvalue weighted by Crippen LogP contribution is 2.10. The Morgan fingerprint density at radius 3 is 2.77 bits per heavy atom. The number of Topliss-reactive ketones (excluding diaryl/α,β-unsaturated/α-hetero) is 1. The van der Waals surface area contributed by atoms with Crippen molar-refractivity contribution in [3.05, 3.63) is 40.9 Å². The van der Waals surface area contributed by atoms with Crippen molar-refractivity contribution in [3.63, 3.8) is 0 Å².